The maximum Gasteiger partial charge on any atom is 0.238 e. The zero-order valence-electron chi connectivity index (χ0n) is 9.83. The van der Waals surface area contributed by atoms with Crippen LogP contribution in [-0.2, 0) is 11.3 Å². The van der Waals surface area contributed by atoms with Gasteiger partial charge in [-0.3, -0.25) is 4.79 Å². The van der Waals surface area contributed by atoms with E-state index in [4.69, 9.17) is 11.6 Å². The van der Waals surface area contributed by atoms with Gasteiger partial charge in [-0.2, -0.15) is 0 Å². The summed E-state index contributed by atoms with van der Waals surface area (Å²) in [4.78, 5) is 13.1. The number of benzene rings is 1. The maximum atomic E-state index is 11.6. The Balaban J connectivity index is 2.49. The van der Waals surface area contributed by atoms with Gasteiger partial charge in [0.25, 0.3) is 0 Å². The zero-order chi connectivity index (χ0) is 12.1. The summed E-state index contributed by atoms with van der Waals surface area (Å²) in [5.41, 5.74) is 1.07. The average Bonchev–Trinajstić information content (AvgIpc) is 2.24. The Morgan fingerprint density at radius 2 is 2.19 bits per heavy atom. The first-order valence-corrected chi connectivity index (χ1v) is 5.57. The SMILES string of the molecule is CC(NCc1cccc(Cl)c1)C(=O)N(C)C. The van der Waals surface area contributed by atoms with Crippen molar-refractivity contribution in [3.63, 3.8) is 0 Å². The molecule has 1 atom stereocenters. The molecule has 88 valence electrons. The Morgan fingerprint density at radius 3 is 2.75 bits per heavy atom. The monoisotopic (exact) mass is 240 g/mol. The lowest BCUT2D eigenvalue weighted by atomic mass is 10.2. The molecule has 0 spiro atoms. The third-order valence-corrected chi connectivity index (χ3v) is 2.55. The van der Waals surface area contributed by atoms with Crippen LogP contribution in [-0.4, -0.2) is 30.9 Å². The fourth-order valence-corrected chi connectivity index (χ4v) is 1.61. The van der Waals surface area contributed by atoms with Crippen molar-refractivity contribution < 1.29 is 4.79 Å². The Labute approximate surface area is 101 Å². The molecule has 1 aromatic rings. The van der Waals surface area contributed by atoms with Gasteiger partial charge in [0.05, 0.1) is 6.04 Å². The molecule has 0 fully saturated rings. The number of rotatable bonds is 4. The molecule has 16 heavy (non-hydrogen) atoms. The van der Waals surface area contributed by atoms with Gasteiger partial charge in [-0.15, -0.1) is 0 Å². The van der Waals surface area contributed by atoms with Crippen molar-refractivity contribution in [2.45, 2.75) is 19.5 Å². The van der Waals surface area contributed by atoms with Crippen LogP contribution in [0, 0.1) is 0 Å². The second-order valence-corrected chi connectivity index (χ2v) is 4.40. The molecular weight excluding hydrogens is 224 g/mol. The van der Waals surface area contributed by atoms with Gasteiger partial charge >= 0.3 is 0 Å². The molecule has 1 rings (SSSR count). The molecule has 3 nitrogen and oxygen atoms in total. The number of nitrogens with zero attached hydrogens (tertiary/aromatic N) is 1. The van der Waals surface area contributed by atoms with Gasteiger partial charge in [0, 0.05) is 25.7 Å². The van der Waals surface area contributed by atoms with E-state index >= 15 is 0 Å². The number of likely N-dealkylation sites (N-methyl/N-ethyl adjacent to an activating group) is 1. The average molecular weight is 241 g/mol. The Bertz CT molecular complexity index is 366. The lowest BCUT2D eigenvalue weighted by Crippen LogP contribution is -2.41. The van der Waals surface area contributed by atoms with E-state index in [0.29, 0.717) is 11.6 Å². The normalized spacial score (nSPS) is 12.2. The number of carbonyl (C=O) groups is 1. The first-order chi connectivity index (χ1) is 7.50. The van der Waals surface area contributed by atoms with E-state index in [2.05, 4.69) is 5.32 Å². The van der Waals surface area contributed by atoms with Gasteiger partial charge in [-0.25, -0.2) is 0 Å². The predicted octanol–water partition coefficient (Wildman–Crippen LogP) is 1.91. The minimum absolute atomic E-state index is 0.0713. The quantitative estimate of drug-likeness (QED) is 0.872. The predicted molar refractivity (Wildman–Crippen MR) is 66.4 cm³/mol. The molecule has 0 aliphatic rings. The first-order valence-electron chi connectivity index (χ1n) is 5.19. The molecule has 0 aliphatic heterocycles. The Hall–Kier alpha value is -1.06. The molecule has 0 aromatic heterocycles. The van der Waals surface area contributed by atoms with Crippen molar-refractivity contribution in [1.29, 1.82) is 0 Å². The van der Waals surface area contributed by atoms with Crippen LogP contribution in [0.4, 0.5) is 0 Å². The minimum Gasteiger partial charge on any atom is -0.347 e. The maximum absolute atomic E-state index is 11.6. The number of hydrogen-bond donors (Lipinski definition) is 1. The standard InChI is InChI=1S/C12H17ClN2O/c1-9(12(16)15(2)3)14-8-10-5-4-6-11(13)7-10/h4-7,9,14H,8H2,1-3H3. The summed E-state index contributed by atoms with van der Waals surface area (Å²) in [6.45, 7) is 2.49. The first kappa shape index (κ1) is 13.0. The number of hydrogen-bond acceptors (Lipinski definition) is 2. The van der Waals surface area contributed by atoms with Crippen LogP contribution in [0.25, 0.3) is 0 Å². The van der Waals surface area contributed by atoms with E-state index < -0.39 is 0 Å². The van der Waals surface area contributed by atoms with Crippen LogP contribution in [0.5, 0.6) is 0 Å². The van der Waals surface area contributed by atoms with Gasteiger partial charge in [0.1, 0.15) is 0 Å². The second kappa shape index (κ2) is 5.87. The molecule has 0 bridgehead atoms. The van der Waals surface area contributed by atoms with E-state index in [0.717, 1.165) is 5.56 Å². The van der Waals surface area contributed by atoms with Crippen molar-refractivity contribution in [1.82, 2.24) is 10.2 Å². The number of halogens is 1. The van der Waals surface area contributed by atoms with Crippen molar-refractivity contribution in [3.05, 3.63) is 34.9 Å². The summed E-state index contributed by atoms with van der Waals surface area (Å²) in [6, 6.07) is 7.42. The van der Waals surface area contributed by atoms with Crippen LogP contribution >= 0.6 is 11.6 Å². The van der Waals surface area contributed by atoms with Crippen molar-refractivity contribution in [3.8, 4) is 0 Å². The van der Waals surface area contributed by atoms with E-state index in [9.17, 15) is 4.79 Å². The highest BCUT2D eigenvalue weighted by Crippen LogP contribution is 2.10. The molecule has 0 aliphatic carbocycles. The van der Waals surface area contributed by atoms with Gasteiger partial charge in [-0.1, -0.05) is 23.7 Å². The lowest BCUT2D eigenvalue weighted by Gasteiger charge is -2.18. The fourth-order valence-electron chi connectivity index (χ4n) is 1.39. The molecule has 4 heteroatoms. The smallest absolute Gasteiger partial charge is 0.238 e. The van der Waals surface area contributed by atoms with Crippen LogP contribution in [0.15, 0.2) is 24.3 Å². The summed E-state index contributed by atoms with van der Waals surface area (Å²) < 4.78 is 0. The van der Waals surface area contributed by atoms with Crippen LogP contribution in [0.2, 0.25) is 5.02 Å². The van der Waals surface area contributed by atoms with E-state index in [1.165, 1.54) is 0 Å². The summed E-state index contributed by atoms with van der Waals surface area (Å²) in [7, 11) is 3.50. The zero-order valence-corrected chi connectivity index (χ0v) is 10.6. The molecule has 0 saturated carbocycles. The number of carbonyl (C=O) groups excluding carboxylic acids is 1. The summed E-state index contributed by atoms with van der Waals surface area (Å²) in [5.74, 6) is 0.0713. The van der Waals surface area contributed by atoms with Crippen molar-refractivity contribution in [2.75, 3.05) is 14.1 Å². The van der Waals surface area contributed by atoms with Gasteiger partial charge in [0.15, 0.2) is 0 Å². The molecule has 1 unspecified atom stereocenters. The Kier molecular flexibility index (Phi) is 4.77. The summed E-state index contributed by atoms with van der Waals surface area (Å²) >= 11 is 5.87. The molecular formula is C12H17ClN2O. The van der Waals surface area contributed by atoms with Crippen molar-refractivity contribution in [2.24, 2.45) is 0 Å². The van der Waals surface area contributed by atoms with E-state index in [-0.39, 0.29) is 11.9 Å². The second-order valence-electron chi connectivity index (χ2n) is 3.97. The molecule has 0 heterocycles. The summed E-state index contributed by atoms with van der Waals surface area (Å²) in [5, 5.41) is 3.87. The van der Waals surface area contributed by atoms with Crippen LogP contribution < -0.4 is 5.32 Å². The van der Waals surface area contributed by atoms with Crippen molar-refractivity contribution >= 4 is 17.5 Å². The number of amides is 1. The van der Waals surface area contributed by atoms with Crippen LogP contribution in [0.1, 0.15) is 12.5 Å². The molecule has 0 saturated heterocycles. The molecule has 1 aromatic carbocycles. The number of nitrogens with one attached hydrogen (secondary N) is 1. The third kappa shape index (κ3) is 3.83. The highest BCUT2D eigenvalue weighted by Gasteiger charge is 2.13. The van der Waals surface area contributed by atoms with E-state index in [1.54, 1.807) is 19.0 Å². The van der Waals surface area contributed by atoms with Gasteiger partial charge in [0.2, 0.25) is 5.91 Å². The summed E-state index contributed by atoms with van der Waals surface area (Å²) in [6.07, 6.45) is 0. The fraction of sp³-hybridized carbons (Fsp3) is 0.417. The third-order valence-electron chi connectivity index (χ3n) is 2.31. The Morgan fingerprint density at radius 1 is 1.50 bits per heavy atom. The lowest BCUT2D eigenvalue weighted by molar-refractivity contribution is -0.130. The molecule has 1 amide bonds. The highest BCUT2D eigenvalue weighted by atomic mass is 35.5. The minimum atomic E-state index is -0.186. The van der Waals surface area contributed by atoms with Gasteiger partial charge in [-0.05, 0) is 24.6 Å². The largest absolute Gasteiger partial charge is 0.347 e. The highest BCUT2D eigenvalue weighted by molar-refractivity contribution is 6.30. The molecule has 0 radical (unpaired) electrons. The topological polar surface area (TPSA) is 32.3 Å². The van der Waals surface area contributed by atoms with Gasteiger partial charge < -0.3 is 10.2 Å². The van der Waals surface area contributed by atoms with Crippen LogP contribution in [0.3, 0.4) is 0 Å². The van der Waals surface area contributed by atoms with E-state index in [1.807, 2.05) is 31.2 Å². The molecule has 1 N–H and O–H groups in total.